The van der Waals surface area contributed by atoms with Crippen LogP contribution in [0.1, 0.15) is 30.4 Å². The molecular weight excluding hydrogens is 412 g/mol. The van der Waals surface area contributed by atoms with Crippen molar-refractivity contribution in [3.8, 4) is 5.75 Å². The molecule has 0 saturated carbocycles. The second-order valence-electron chi connectivity index (χ2n) is 7.37. The van der Waals surface area contributed by atoms with Crippen LogP contribution in [0.5, 0.6) is 5.75 Å². The molecule has 168 valence electrons. The van der Waals surface area contributed by atoms with E-state index in [1.807, 2.05) is 30.3 Å². The zero-order valence-electron chi connectivity index (χ0n) is 17.8. The molecule has 0 aliphatic heterocycles. The Morgan fingerprint density at radius 3 is 2.62 bits per heavy atom. The predicted octanol–water partition coefficient (Wildman–Crippen LogP) is 3.43. The highest BCUT2D eigenvalue weighted by Crippen LogP contribution is 2.22. The Bertz CT molecular complexity index is 1130. The lowest BCUT2D eigenvalue weighted by Crippen LogP contribution is -2.43. The number of unbranched alkanes of at least 4 members (excludes halogenated alkanes) is 1. The fraction of sp³-hybridized carbons (Fsp3) is 0.292. The fourth-order valence-electron chi connectivity index (χ4n) is 3.20. The Kier molecular flexibility index (Phi) is 7.99. The molecule has 1 amide bonds. The van der Waals surface area contributed by atoms with Gasteiger partial charge in [0.1, 0.15) is 24.0 Å². The van der Waals surface area contributed by atoms with Crippen molar-refractivity contribution in [3.63, 3.8) is 0 Å². The van der Waals surface area contributed by atoms with Crippen molar-refractivity contribution >= 4 is 23.0 Å². The van der Waals surface area contributed by atoms with E-state index in [9.17, 15) is 14.4 Å². The summed E-state index contributed by atoms with van der Waals surface area (Å²) in [5.74, 6) is -0.437. The third kappa shape index (κ3) is 6.42. The summed E-state index contributed by atoms with van der Waals surface area (Å²) in [5.41, 5.74) is 6.96. The van der Waals surface area contributed by atoms with Gasteiger partial charge in [0.25, 0.3) is 0 Å². The zero-order chi connectivity index (χ0) is 22.9. The standard InChI is InChI=1S/C24H26N2O6/c1-16-13-22(27)32-21-14-18(10-11-19(16)21)31-23(28)20(9-5-6-12-25)26-24(29)30-15-17-7-3-2-4-8-17/h2-4,7-8,10-11,13-14,20H,5-6,9,12,15,25H2,1H3,(H,26,29)/t20-/m1/s1. The van der Waals surface area contributed by atoms with Gasteiger partial charge in [-0.15, -0.1) is 0 Å². The van der Waals surface area contributed by atoms with Crippen LogP contribution < -0.4 is 21.4 Å². The van der Waals surface area contributed by atoms with Crippen molar-refractivity contribution in [2.75, 3.05) is 6.54 Å². The van der Waals surface area contributed by atoms with E-state index in [1.165, 1.54) is 12.1 Å². The zero-order valence-corrected chi connectivity index (χ0v) is 17.8. The number of benzene rings is 2. The molecule has 0 spiro atoms. The van der Waals surface area contributed by atoms with E-state index in [4.69, 9.17) is 19.6 Å². The van der Waals surface area contributed by atoms with Gasteiger partial charge in [-0.1, -0.05) is 30.3 Å². The number of hydrogen-bond donors (Lipinski definition) is 2. The summed E-state index contributed by atoms with van der Waals surface area (Å²) in [5, 5.41) is 3.31. The lowest BCUT2D eigenvalue weighted by atomic mass is 10.1. The van der Waals surface area contributed by atoms with E-state index < -0.39 is 23.7 Å². The molecule has 3 rings (SSSR count). The molecule has 8 heteroatoms. The number of hydrogen-bond acceptors (Lipinski definition) is 7. The minimum absolute atomic E-state index is 0.0836. The van der Waals surface area contributed by atoms with Crippen LogP contribution in [0.4, 0.5) is 4.79 Å². The smallest absolute Gasteiger partial charge is 0.408 e. The van der Waals surface area contributed by atoms with Crippen LogP contribution in [0.3, 0.4) is 0 Å². The Morgan fingerprint density at radius 1 is 1.09 bits per heavy atom. The molecule has 2 aromatic carbocycles. The minimum Gasteiger partial charge on any atom is -0.445 e. The number of amides is 1. The molecule has 0 radical (unpaired) electrons. The second-order valence-corrected chi connectivity index (χ2v) is 7.37. The van der Waals surface area contributed by atoms with Gasteiger partial charge in [0.2, 0.25) is 0 Å². The van der Waals surface area contributed by atoms with E-state index in [-0.39, 0.29) is 12.4 Å². The normalized spacial score (nSPS) is 11.7. The van der Waals surface area contributed by atoms with Crippen molar-refractivity contribution in [1.82, 2.24) is 5.32 Å². The summed E-state index contributed by atoms with van der Waals surface area (Å²) in [4.78, 5) is 36.7. The van der Waals surface area contributed by atoms with Crippen LogP contribution in [0.2, 0.25) is 0 Å². The topological polar surface area (TPSA) is 121 Å². The van der Waals surface area contributed by atoms with Crippen molar-refractivity contribution in [3.05, 3.63) is 76.1 Å². The highest BCUT2D eigenvalue weighted by Gasteiger charge is 2.23. The summed E-state index contributed by atoms with van der Waals surface area (Å²) in [6.45, 7) is 2.35. The largest absolute Gasteiger partial charge is 0.445 e. The molecule has 8 nitrogen and oxygen atoms in total. The summed E-state index contributed by atoms with van der Waals surface area (Å²) in [6.07, 6.45) is 0.952. The van der Waals surface area contributed by atoms with Gasteiger partial charge >= 0.3 is 17.7 Å². The van der Waals surface area contributed by atoms with Crippen molar-refractivity contribution in [2.24, 2.45) is 5.73 Å². The number of rotatable bonds is 9. The molecule has 1 aromatic heterocycles. The van der Waals surface area contributed by atoms with E-state index >= 15 is 0 Å². The number of fused-ring (bicyclic) bond motifs is 1. The molecular formula is C24H26N2O6. The molecule has 1 atom stereocenters. The molecule has 0 bridgehead atoms. The monoisotopic (exact) mass is 438 g/mol. The van der Waals surface area contributed by atoms with Crippen molar-refractivity contribution < 1.29 is 23.5 Å². The molecule has 0 unspecified atom stereocenters. The first-order chi connectivity index (χ1) is 15.5. The van der Waals surface area contributed by atoms with E-state index in [1.54, 1.807) is 19.1 Å². The first kappa shape index (κ1) is 23.0. The SMILES string of the molecule is Cc1cc(=O)oc2cc(OC(=O)[C@@H](CCCCN)NC(=O)OCc3ccccc3)ccc12. The molecule has 0 aliphatic rings. The Labute approximate surface area is 185 Å². The second kappa shape index (κ2) is 11.1. The first-order valence-corrected chi connectivity index (χ1v) is 10.4. The number of carbonyl (C=O) groups excluding carboxylic acids is 2. The van der Waals surface area contributed by atoms with Gasteiger partial charge < -0.3 is 24.9 Å². The van der Waals surface area contributed by atoms with Gasteiger partial charge in [-0.05, 0) is 56.0 Å². The van der Waals surface area contributed by atoms with Gasteiger partial charge in [-0.2, -0.15) is 0 Å². The predicted molar refractivity (Wildman–Crippen MR) is 119 cm³/mol. The molecule has 3 N–H and O–H groups in total. The lowest BCUT2D eigenvalue weighted by Gasteiger charge is -2.17. The first-order valence-electron chi connectivity index (χ1n) is 10.4. The maximum Gasteiger partial charge on any atom is 0.408 e. The number of ether oxygens (including phenoxy) is 2. The molecule has 0 saturated heterocycles. The van der Waals surface area contributed by atoms with Crippen LogP contribution in [0, 0.1) is 6.92 Å². The quantitative estimate of drug-likeness (QED) is 0.227. The molecule has 0 fully saturated rings. The molecule has 32 heavy (non-hydrogen) atoms. The molecule has 1 heterocycles. The van der Waals surface area contributed by atoms with Gasteiger partial charge in [0.15, 0.2) is 0 Å². The summed E-state index contributed by atoms with van der Waals surface area (Å²) in [6, 6.07) is 14.5. The minimum atomic E-state index is -0.912. The van der Waals surface area contributed by atoms with Crippen LogP contribution in [0.15, 0.2) is 63.8 Å². The summed E-state index contributed by atoms with van der Waals surface area (Å²) >= 11 is 0. The van der Waals surface area contributed by atoms with Gasteiger partial charge in [-0.25, -0.2) is 14.4 Å². The number of esters is 1. The number of nitrogens with one attached hydrogen (secondary N) is 1. The average Bonchev–Trinajstić information content (AvgIpc) is 2.77. The maximum absolute atomic E-state index is 12.8. The highest BCUT2D eigenvalue weighted by atomic mass is 16.6. The lowest BCUT2D eigenvalue weighted by molar-refractivity contribution is -0.136. The Morgan fingerprint density at radius 2 is 1.88 bits per heavy atom. The van der Waals surface area contributed by atoms with Crippen LogP contribution in [-0.4, -0.2) is 24.6 Å². The Hall–Kier alpha value is -3.65. The van der Waals surface area contributed by atoms with E-state index in [0.29, 0.717) is 31.4 Å². The maximum atomic E-state index is 12.8. The van der Waals surface area contributed by atoms with Crippen LogP contribution in [-0.2, 0) is 16.1 Å². The fourth-order valence-corrected chi connectivity index (χ4v) is 3.20. The third-order valence-corrected chi connectivity index (χ3v) is 4.88. The summed E-state index contributed by atoms with van der Waals surface area (Å²) in [7, 11) is 0. The van der Waals surface area contributed by atoms with Crippen molar-refractivity contribution in [1.29, 1.82) is 0 Å². The molecule has 0 aliphatic carbocycles. The summed E-state index contributed by atoms with van der Waals surface area (Å²) < 4.78 is 15.9. The third-order valence-electron chi connectivity index (χ3n) is 4.88. The van der Waals surface area contributed by atoms with Crippen molar-refractivity contribution in [2.45, 2.75) is 38.8 Å². The number of aryl methyl sites for hydroxylation is 1. The average molecular weight is 438 g/mol. The van der Waals surface area contributed by atoms with Gasteiger partial charge in [0.05, 0.1) is 0 Å². The Balaban J connectivity index is 1.67. The number of nitrogens with two attached hydrogens (primary N) is 1. The highest BCUT2D eigenvalue weighted by molar-refractivity contribution is 5.85. The van der Waals surface area contributed by atoms with Crippen LogP contribution in [0.25, 0.3) is 11.0 Å². The van der Waals surface area contributed by atoms with Gasteiger partial charge in [-0.3, -0.25) is 0 Å². The number of alkyl carbamates (subject to hydrolysis) is 1. The van der Waals surface area contributed by atoms with E-state index in [2.05, 4.69) is 5.32 Å². The van der Waals surface area contributed by atoms with E-state index in [0.717, 1.165) is 16.5 Å². The van der Waals surface area contributed by atoms with Crippen LogP contribution >= 0.6 is 0 Å². The molecule has 3 aromatic rings. The number of carbonyl (C=O) groups is 2. The van der Waals surface area contributed by atoms with Gasteiger partial charge in [0, 0.05) is 17.5 Å².